The van der Waals surface area contributed by atoms with Crippen molar-refractivity contribution >= 4 is 17.6 Å². The van der Waals surface area contributed by atoms with Crippen LogP contribution in [-0.2, 0) is 9.47 Å². The molecular weight excluding hydrogens is 250 g/mol. The summed E-state index contributed by atoms with van der Waals surface area (Å²) in [5.41, 5.74) is 0.872. The molecule has 0 aliphatic carbocycles. The molecule has 0 saturated heterocycles. The van der Waals surface area contributed by atoms with Crippen LogP contribution in [0.4, 0.5) is 0 Å². The van der Waals surface area contributed by atoms with Crippen LogP contribution in [0.5, 0.6) is 0 Å². The number of hydrogen-bond donors (Lipinski definition) is 0. The maximum atomic E-state index is 11.6. The maximum absolute atomic E-state index is 11.6. The number of aromatic nitrogens is 3. The average molecular weight is 263 g/mol. The van der Waals surface area contributed by atoms with Gasteiger partial charge in [-0.1, -0.05) is 0 Å². The highest BCUT2D eigenvalue weighted by atomic mass is 16.5. The number of nitrogens with zero attached hydrogens (tertiary/aromatic N) is 3. The van der Waals surface area contributed by atoms with Crippen LogP contribution in [0, 0.1) is 0 Å². The number of esters is 2. The normalized spacial score (nSPS) is 10.4. The van der Waals surface area contributed by atoms with Gasteiger partial charge in [0.15, 0.2) is 5.65 Å². The number of hydrogen-bond acceptors (Lipinski definition) is 6. The van der Waals surface area contributed by atoms with E-state index in [0.717, 1.165) is 0 Å². The van der Waals surface area contributed by atoms with Crippen molar-refractivity contribution in [1.82, 2.24) is 14.6 Å². The van der Waals surface area contributed by atoms with E-state index in [2.05, 4.69) is 10.1 Å². The molecular formula is C12H13N3O4. The van der Waals surface area contributed by atoms with Gasteiger partial charge < -0.3 is 9.47 Å². The molecule has 0 radical (unpaired) electrons. The zero-order chi connectivity index (χ0) is 13.8. The van der Waals surface area contributed by atoms with Crippen LogP contribution in [0.25, 0.3) is 5.65 Å². The summed E-state index contributed by atoms with van der Waals surface area (Å²) in [6, 6.07) is 0. The Morgan fingerprint density at radius 2 is 1.84 bits per heavy atom. The predicted molar refractivity (Wildman–Crippen MR) is 64.9 cm³/mol. The minimum atomic E-state index is -0.492. The monoisotopic (exact) mass is 263 g/mol. The highest BCUT2D eigenvalue weighted by molar-refractivity contribution is 5.96. The Bertz CT molecular complexity index is 620. The number of carbonyl (C=O) groups excluding carboxylic acids is 2. The summed E-state index contributed by atoms with van der Waals surface area (Å²) in [4.78, 5) is 27.2. The minimum absolute atomic E-state index is 0.261. The average Bonchev–Trinajstić information content (AvgIpc) is 2.82. The fourth-order valence-electron chi connectivity index (χ4n) is 1.55. The van der Waals surface area contributed by atoms with Gasteiger partial charge in [0.2, 0.25) is 0 Å². The Kier molecular flexibility index (Phi) is 3.74. The van der Waals surface area contributed by atoms with Crippen LogP contribution in [0.15, 0.2) is 18.6 Å². The third-order valence-corrected chi connectivity index (χ3v) is 2.36. The second-order valence-electron chi connectivity index (χ2n) is 3.61. The number of rotatable bonds is 4. The quantitative estimate of drug-likeness (QED) is 0.768. The van der Waals surface area contributed by atoms with Crippen molar-refractivity contribution in [3.8, 4) is 0 Å². The Labute approximate surface area is 109 Å². The first kappa shape index (κ1) is 13.0. The summed E-state index contributed by atoms with van der Waals surface area (Å²) in [6.45, 7) is 3.99. The molecule has 0 saturated carbocycles. The smallest absolute Gasteiger partial charge is 0.343 e. The highest BCUT2D eigenvalue weighted by Gasteiger charge is 2.16. The van der Waals surface area contributed by atoms with Gasteiger partial charge >= 0.3 is 11.9 Å². The van der Waals surface area contributed by atoms with E-state index in [1.807, 2.05) is 0 Å². The van der Waals surface area contributed by atoms with Crippen LogP contribution in [0.1, 0.15) is 34.6 Å². The molecule has 2 aromatic rings. The van der Waals surface area contributed by atoms with E-state index < -0.39 is 11.9 Å². The molecule has 0 aromatic carbocycles. The first-order valence-corrected chi connectivity index (χ1v) is 5.85. The Morgan fingerprint density at radius 1 is 1.16 bits per heavy atom. The van der Waals surface area contributed by atoms with Gasteiger partial charge in [0, 0.05) is 12.4 Å². The molecule has 0 N–H and O–H groups in total. The maximum Gasteiger partial charge on any atom is 0.343 e. The summed E-state index contributed by atoms with van der Waals surface area (Å²) in [6.07, 6.45) is 4.16. The summed E-state index contributed by atoms with van der Waals surface area (Å²) in [5, 5.41) is 3.97. The van der Waals surface area contributed by atoms with Crippen LogP contribution < -0.4 is 0 Å². The Morgan fingerprint density at radius 3 is 2.53 bits per heavy atom. The molecule has 0 aliphatic rings. The molecule has 0 unspecified atom stereocenters. The van der Waals surface area contributed by atoms with E-state index >= 15 is 0 Å². The molecule has 0 fully saturated rings. The molecule has 7 nitrogen and oxygen atoms in total. The van der Waals surface area contributed by atoms with Gasteiger partial charge in [-0.25, -0.2) is 19.1 Å². The first-order valence-electron chi connectivity index (χ1n) is 5.85. The van der Waals surface area contributed by atoms with Crippen LogP contribution in [0.3, 0.4) is 0 Å². The van der Waals surface area contributed by atoms with Crippen molar-refractivity contribution < 1.29 is 19.1 Å². The van der Waals surface area contributed by atoms with Crippen molar-refractivity contribution in [1.29, 1.82) is 0 Å². The molecule has 0 spiro atoms. The topological polar surface area (TPSA) is 82.8 Å². The molecule has 0 atom stereocenters. The summed E-state index contributed by atoms with van der Waals surface area (Å²) < 4.78 is 11.1. The standard InChI is InChI=1S/C12H13N3O4/c1-3-18-11(16)8-5-13-10-9(12(17)19-4-2)6-14-15(10)7-8/h5-7H,3-4H2,1-2H3. The minimum Gasteiger partial charge on any atom is -0.462 e. The van der Waals surface area contributed by atoms with Crippen molar-refractivity contribution in [2.75, 3.05) is 13.2 Å². The molecule has 19 heavy (non-hydrogen) atoms. The number of carbonyl (C=O) groups is 2. The molecule has 0 bridgehead atoms. The van der Waals surface area contributed by atoms with Gasteiger partial charge in [-0.3, -0.25) is 0 Å². The molecule has 2 aromatic heterocycles. The van der Waals surface area contributed by atoms with Gasteiger partial charge in [0.25, 0.3) is 0 Å². The van der Waals surface area contributed by atoms with Crippen molar-refractivity contribution in [3.05, 3.63) is 29.7 Å². The lowest BCUT2D eigenvalue weighted by Crippen LogP contribution is -2.08. The zero-order valence-corrected chi connectivity index (χ0v) is 10.6. The van der Waals surface area contributed by atoms with Crippen molar-refractivity contribution in [2.45, 2.75) is 13.8 Å². The van der Waals surface area contributed by atoms with Gasteiger partial charge in [-0.05, 0) is 13.8 Å². The summed E-state index contributed by atoms with van der Waals surface area (Å²) in [5.74, 6) is -0.973. The van der Waals surface area contributed by atoms with Gasteiger partial charge in [0.05, 0.1) is 25.0 Å². The van der Waals surface area contributed by atoms with E-state index in [1.165, 1.54) is 23.1 Å². The van der Waals surface area contributed by atoms with E-state index in [0.29, 0.717) is 5.65 Å². The Hall–Kier alpha value is -2.44. The van der Waals surface area contributed by atoms with Crippen LogP contribution >= 0.6 is 0 Å². The first-order chi connectivity index (χ1) is 9.17. The number of fused-ring (bicyclic) bond motifs is 1. The van der Waals surface area contributed by atoms with E-state index in [9.17, 15) is 9.59 Å². The molecule has 2 rings (SSSR count). The van der Waals surface area contributed by atoms with Crippen LogP contribution in [-0.4, -0.2) is 39.8 Å². The summed E-state index contributed by atoms with van der Waals surface area (Å²) >= 11 is 0. The van der Waals surface area contributed by atoms with E-state index in [1.54, 1.807) is 13.8 Å². The van der Waals surface area contributed by atoms with Gasteiger partial charge in [-0.15, -0.1) is 0 Å². The Balaban J connectivity index is 2.36. The SMILES string of the molecule is CCOC(=O)c1cnc2c(C(=O)OCC)cnn2c1. The third-order valence-electron chi connectivity index (χ3n) is 2.36. The van der Waals surface area contributed by atoms with Crippen molar-refractivity contribution in [3.63, 3.8) is 0 Å². The van der Waals surface area contributed by atoms with Crippen molar-refractivity contribution in [2.24, 2.45) is 0 Å². The largest absolute Gasteiger partial charge is 0.462 e. The molecule has 0 aliphatic heterocycles. The lowest BCUT2D eigenvalue weighted by Gasteiger charge is -2.02. The zero-order valence-electron chi connectivity index (χ0n) is 10.6. The van der Waals surface area contributed by atoms with E-state index in [4.69, 9.17) is 9.47 Å². The lowest BCUT2D eigenvalue weighted by atomic mass is 10.3. The molecule has 2 heterocycles. The fraction of sp³-hybridized carbons (Fsp3) is 0.333. The summed E-state index contributed by atoms with van der Waals surface area (Å²) in [7, 11) is 0. The second kappa shape index (κ2) is 5.47. The molecule has 0 amide bonds. The van der Waals surface area contributed by atoms with Gasteiger partial charge in [-0.2, -0.15) is 5.10 Å². The fourth-order valence-corrected chi connectivity index (χ4v) is 1.55. The van der Waals surface area contributed by atoms with E-state index in [-0.39, 0.29) is 24.3 Å². The predicted octanol–water partition coefficient (Wildman–Crippen LogP) is 1.08. The van der Waals surface area contributed by atoms with Crippen LogP contribution in [0.2, 0.25) is 0 Å². The lowest BCUT2D eigenvalue weighted by molar-refractivity contribution is 0.0518. The second-order valence-corrected chi connectivity index (χ2v) is 3.61. The third kappa shape index (κ3) is 2.54. The molecule has 100 valence electrons. The highest BCUT2D eigenvalue weighted by Crippen LogP contribution is 2.11. The number of ether oxygens (including phenoxy) is 2. The molecule has 7 heteroatoms. The van der Waals surface area contributed by atoms with Gasteiger partial charge in [0.1, 0.15) is 5.56 Å².